The number of thiazole rings is 1. The zero-order chi connectivity index (χ0) is 45.9. The lowest BCUT2D eigenvalue weighted by Crippen LogP contribution is -2.60. The molecule has 5 aliphatic rings. The topological polar surface area (TPSA) is 143 Å². The van der Waals surface area contributed by atoms with E-state index in [1.807, 2.05) is 32.2 Å². The molecule has 3 fully saturated rings. The lowest BCUT2D eigenvalue weighted by molar-refractivity contribution is -0.155. The number of benzene rings is 1. The first-order valence-electron chi connectivity index (χ1n) is 22.1. The number of rotatable bonds is 8. The van der Waals surface area contributed by atoms with Crippen LogP contribution in [0.3, 0.4) is 0 Å². The van der Waals surface area contributed by atoms with Crippen molar-refractivity contribution in [3.8, 4) is 28.3 Å². The first-order valence-corrected chi connectivity index (χ1v) is 23.0. The average molecular weight is 929 g/mol. The van der Waals surface area contributed by atoms with Crippen LogP contribution in [-0.4, -0.2) is 127 Å². The summed E-state index contributed by atoms with van der Waals surface area (Å²) >= 11 is 1.31. The summed E-state index contributed by atoms with van der Waals surface area (Å²) in [5, 5.41) is 7.35. The van der Waals surface area contributed by atoms with Gasteiger partial charge in [0.05, 0.1) is 65.3 Å². The molecule has 2 N–H and O–H groups in total. The zero-order valence-electron chi connectivity index (χ0n) is 36.7. The van der Waals surface area contributed by atoms with Crippen LogP contribution in [0.4, 0.5) is 27.6 Å². The van der Waals surface area contributed by atoms with Crippen LogP contribution >= 0.6 is 11.3 Å². The Hall–Kier alpha value is -4.92. The number of nitrogens with one attached hydrogen (secondary N) is 2. The molecule has 1 aromatic carbocycles. The van der Waals surface area contributed by atoms with Gasteiger partial charge in [-0.3, -0.25) is 29.3 Å². The molecule has 2 amide bonds. The highest BCUT2D eigenvalue weighted by atomic mass is 32.1. The van der Waals surface area contributed by atoms with E-state index in [0.29, 0.717) is 67.6 Å². The molecule has 3 aromatic heterocycles. The fourth-order valence-electron chi connectivity index (χ4n) is 9.60. The lowest BCUT2D eigenvalue weighted by atomic mass is 9.84. The van der Waals surface area contributed by atoms with E-state index in [2.05, 4.69) is 32.3 Å². The Morgan fingerprint density at radius 3 is 2.60 bits per heavy atom. The van der Waals surface area contributed by atoms with Gasteiger partial charge >= 0.3 is 12.1 Å². The maximum absolute atomic E-state index is 14.2. The minimum atomic E-state index is -4.29. The van der Waals surface area contributed by atoms with E-state index in [9.17, 15) is 36.3 Å². The van der Waals surface area contributed by atoms with Gasteiger partial charge in [-0.25, -0.2) is 19.2 Å². The number of halogens is 5. The number of alkyl halides is 5. The monoisotopic (exact) mass is 928 g/mol. The number of esters is 1. The van der Waals surface area contributed by atoms with Crippen molar-refractivity contribution in [2.45, 2.75) is 90.2 Å². The van der Waals surface area contributed by atoms with Gasteiger partial charge in [0.25, 0.3) is 5.91 Å². The lowest BCUT2D eigenvalue weighted by Gasteiger charge is -2.36. The van der Waals surface area contributed by atoms with Crippen molar-refractivity contribution in [2.75, 3.05) is 64.5 Å². The normalized spacial score (nSPS) is 24.4. The highest BCUT2D eigenvalue weighted by molar-refractivity contribution is 7.10. The van der Waals surface area contributed by atoms with Gasteiger partial charge in [0.1, 0.15) is 24.4 Å². The van der Waals surface area contributed by atoms with Crippen LogP contribution in [0.5, 0.6) is 5.75 Å². The molecule has 5 atom stereocenters. The Morgan fingerprint density at radius 2 is 1.88 bits per heavy atom. The first-order chi connectivity index (χ1) is 31.0. The number of cyclic esters (lactones) is 1. The Bertz CT molecular complexity index is 2470. The predicted molar refractivity (Wildman–Crippen MR) is 231 cm³/mol. The van der Waals surface area contributed by atoms with Gasteiger partial charge in [0.2, 0.25) is 12.3 Å². The van der Waals surface area contributed by atoms with Gasteiger partial charge in [0, 0.05) is 85.4 Å². The smallest absolute Gasteiger partial charge is 0.401 e. The number of hydrazine groups is 1. The van der Waals surface area contributed by atoms with Gasteiger partial charge in [0.15, 0.2) is 0 Å². The number of aromatic nitrogens is 3. The van der Waals surface area contributed by atoms with Crippen molar-refractivity contribution >= 4 is 45.7 Å². The van der Waals surface area contributed by atoms with Crippen LogP contribution in [0, 0.1) is 17.3 Å². The second-order valence-electron chi connectivity index (χ2n) is 18.6. The van der Waals surface area contributed by atoms with E-state index < -0.39 is 72.4 Å². The molecule has 20 heteroatoms. The van der Waals surface area contributed by atoms with Gasteiger partial charge in [-0.2, -0.15) is 13.2 Å². The van der Waals surface area contributed by atoms with E-state index in [1.165, 1.54) is 21.2 Å². The van der Waals surface area contributed by atoms with E-state index in [1.54, 1.807) is 13.3 Å². The van der Waals surface area contributed by atoms with Crippen molar-refractivity contribution in [1.29, 1.82) is 0 Å². The third-order valence-electron chi connectivity index (χ3n) is 13.2. The number of carbonyl (C=O) groups is 3. The Balaban J connectivity index is 1.15. The highest BCUT2D eigenvalue weighted by Gasteiger charge is 2.50. The molecule has 0 unspecified atom stereocenters. The average Bonchev–Trinajstić information content (AvgIpc) is 3.87. The molecule has 1 saturated carbocycles. The minimum absolute atomic E-state index is 0.0126. The number of nitrogens with zero attached hydrogens (tertiary/aromatic N) is 6. The number of anilines is 1. The molecule has 4 aliphatic heterocycles. The van der Waals surface area contributed by atoms with Gasteiger partial charge in [-0.1, -0.05) is 13.8 Å². The highest BCUT2D eigenvalue weighted by Crippen LogP contribution is 2.47. The number of fused-ring (bicyclic) bond motifs is 6. The fourth-order valence-corrected chi connectivity index (χ4v) is 10.4. The van der Waals surface area contributed by atoms with Crippen molar-refractivity contribution in [3.63, 3.8) is 0 Å². The molecule has 14 nitrogen and oxygen atoms in total. The Labute approximate surface area is 376 Å². The number of ether oxygens (including phenoxy) is 3. The number of hydrogen-bond donors (Lipinski definition) is 2. The molecule has 1 aliphatic carbocycles. The van der Waals surface area contributed by atoms with Crippen LogP contribution in [0.25, 0.3) is 33.4 Å². The number of amides is 2. The van der Waals surface area contributed by atoms with Crippen LogP contribution in [0.2, 0.25) is 0 Å². The van der Waals surface area contributed by atoms with Crippen molar-refractivity contribution in [1.82, 2.24) is 35.2 Å². The fraction of sp³-hybridized carbons (Fsp3) is 0.578. The largest absolute Gasteiger partial charge is 0.489 e. The molecule has 0 spiro atoms. The second-order valence-corrected chi connectivity index (χ2v) is 19.5. The molecule has 2 saturated heterocycles. The first kappa shape index (κ1) is 45.2. The predicted octanol–water partition coefficient (Wildman–Crippen LogP) is 6.16. The SMILES string of the molecule is CO[C@@H](C)c1ncc(N2CCN(CC(F)(F)F)CC2)cc1-c1c2c3cc(cc4c3n1CCO4)-c1csc(n1)C[C@H](NC(=O)[C@H]1C[C@@H]1C(F)F)C(=O)N1CCC[C@H](N1)C(=O)OCC(C)(C)C2. The summed E-state index contributed by atoms with van der Waals surface area (Å²) in [6.45, 7) is 7.38. The summed E-state index contributed by atoms with van der Waals surface area (Å²) in [5.74, 6) is -3.00. The van der Waals surface area contributed by atoms with E-state index in [4.69, 9.17) is 24.2 Å². The number of hydrogen-bond acceptors (Lipinski definition) is 12. The van der Waals surface area contributed by atoms with Crippen LogP contribution < -0.4 is 20.4 Å². The number of methoxy groups -OCH3 is 1. The Kier molecular flexibility index (Phi) is 12.3. The van der Waals surface area contributed by atoms with Crippen molar-refractivity contribution in [2.24, 2.45) is 17.3 Å². The summed E-state index contributed by atoms with van der Waals surface area (Å²) in [5.41, 5.74) is 8.67. The van der Waals surface area contributed by atoms with Crippen molar-refractivity contribution in [3.05, 3.63) is 46.0 Å². The molecule has 0 radical (unpaired) electrons. The summed E-state index contributed by atoms with van der Waals surface area (Å²) in [6, 6.07) is 4.05. The molecule has 9 rings (SSSR count). The maximum atomic E-state index is 14.2. The van der Waals surface area contributed by atoms with E-state index >= 15 is 0 Å². The molecular weight excluding hydrogens is 876 g/mol. The number of piperazine rings is 1. The van der Waals surface area contributed by atoms with Crippen LogP contribution in [-0.2, 0) is 43.2 Å². The zero-order valence-corrected chi connectivity index (χ0v) is 37.5. The molecule has 4 aromatic rings. The summed E-state index contributed by atoms with van der Waals surface area (Å²) < 4.78 is 87.4. The molecule has 65 heavy (non-hydrogen) atoms. The van der Waals surface area contributed by atoms with E-state index in [0.717, 1.165) is 39.0 Å². The second kappa shape index (κ2) is 17.7. The third-order valence-corrected chi connectivity index (χ3v) is 14.0. The molecular formula is C45H53F5N8O6S. The Morgan fingerprint density at radius 1 is 1.09 bits per heavy atom. The van der Waals surface area contributed by atoms with Gasteiger partial charge in [-0.05, 0) is 56.4 Å². The van der Waals surface area contributed by atoms with E-state index in [-0.39, 0.29) is 39.1 Å². The molecule has 350 valence electrons. The maximum Gasteiger partial charge on any atom is 0.401 e. The number of pyridine rings is 1. The number of carbonyl (C=O) groups excluding carboxylic acids is 3. The summed E-state index contributed by atoms with van der Waals surface area (Å²) in [4.78, 5) is 54.7. The van der Waals surface area contributed by atoms with Crippen molar-refractivity contribution < 1.29 is 50.5 Å². The third kappa shape index (κ3) is 9.40. The summed E-state index contributed by atoms with van der Waals surface area (Å²) in [7, 11) is 1.61. The van der Waals surface area contributed by atoms with Gasteiger partial charge in [-0.15, -0.1) is 11.3 Å². The quantitative estimate of drug-likeness (QED) is 0.155. The van der Waals surface area contributed by atoms with Crippen LogP contribution in [0.15, 0.2) is 29.8 Å². The van der Waals surface area contributed by atoms with Gasteiger partial charge < -0.3 is 29.0 Å². The molecule has 7 heterocycles. The summed E-state index contributed by atoms with van der Waals surface area (Å²) in [6.07, 6.45) is -4.27. The van der Waals surface area contributed by atoms with Crippen LogP contribution in [0.1, 0.15) is 62.4 Å². The minimum Gasteiger partial charge on any atom is -0.489 e. The standard InChI is InChI=1S/C45H53F5N8O6S/c1-24(62-4)37-30(16-26(20-51-37)56-10-8-55(9-11-56)22-45(48,49)50)38-31-19-44(2,3)23-64-43(61)32-6-5-7-58(54-32)42(60)33(53-41(59)29-17-28(29)40(46)47)18-36-52-34(21-65-36)25-14-27(31)39-35(15-25)63-13-12-57(38)39/h14-16,20-21,24,28-29,32-33,40,54H,5-13,17-19,22-23H2,1-4H3,(H,53,59)/t24-,28-,29-,32-,33-/m0/s1. The molecule has 6 bridgehead atoms.